The van der Waals surface area contributed by atoms with Gasteiger partial charge in [0, 0.05) is 6.42 Å². The summed E-state index contributed by atoms with van der Waals surface area (Å²) in [6, 6.07) is 0. The summed E-state index contributed by atoms with van der Waals surface area (Å²) in [5.41, 5.74) is 0.0158. The number of likely N-dealkylation sites (tertiary alicyclic amines) is 1. The van der Waals surface area contributed by atoms with Crippen LogP contribution in [0.1, 0.15) is 33.6 Å². The molecule has 24 heavy (non-hydrogen) atoms. The predicted molar refractivity (Wildman–Crippen MR) is 89.7 cm³/mol. The maximum Gasteiger partial charge on any atom is 0.410 e. The molecule has 0 aromatic rings. The summed E-state index contributed by atoms with van der Waals surface area (Å²) >= 11 is 0. The predicted octanol–water partition coefficient (Wildman–Crippen LogP) is 1.72. The lowest BCUT2D eigenvalue weighted by Gasteiger charge is -2.34. The first kappa shape index (κ1) is 18.3. The molecule has 9 heteroatoms. The molecule has 0 aromatic carbocycles. The third-order valence-electron chi connectivity index (χ3n) is 3.40. The van der Waals surface area contributed by atoms with E-state index in [1.165, 1.54) is 11.0 Å². The number of ether oxygens (including phenoxy) is 2. The van der Waals surface area contributed by atoms with E-state index in [0.29, 0.717) is 18.6 Å². The van der Waals surface area contributed by atoms with E-state index in [-0.39, 0.29) is 18.0 Å². The van der Waals surface area contributed by atoms with Crippen LogP contribution in [-0.4, -0.2) is 50.9 Å². The van der Waals surface area contributed by atoms with E-state index < -0.39 is 21.7 Å². The molecule has 0 atom stereocenters. The van der Waals surface area contributed by atoms with E-state index in [2.05, 4.69) is 9.93 Å². The summed E-state index contributed by atoms with van der Waals surface area (Å²) in [7, 11) is -2.11. The first-order valence-corrected chi connectivity index (χ1v) is 9.08. The van der Waals surface area contributed by atoms with Gasteiger partial charge in [-0.1, -0.05) is 0 Å². The van der Waals surface area contributed by atoms with Crippen molar-refractivity contribution in [1.82, 2.24) is 9.73 Å². The normalized spacial score (nSPS) is 18.2. The van der Waals surface area contributed by atoms with Crippen molar-refractivity contribution in [3.05, 3.63) is 22.8 Å². The maximum absolute atomic E-state index is 12.2. The highest BCUT2D eigenvalue weighted by atomic mass is 32.2. The monoisotopic (exact) mass is 357 g/mol. The van der Waals surface area contributed by atoms with Crippen LogP contribution < -0.4 is 4.83 Å². The first-order chi connectivity index (χ1) is 11.1. The number of amides is 1. The van der Waals surface area contributed by atoms with E-state index >= 15 is 0 Å². The van der Waals surface area contributed by atoms with Gasteiger partial charge in [0.2, 0.25) is 0 Å². The zero-order valence-corrected chi connectivity index (χ0v) is 15.1. The SMILES string of the molecule is COC1=CC=C(S(=O)(=O)NN=C2CN(C(=O)OC(C)(C)C)C2)CC1. The number of nitrogens with one attached hydrogen (secondary N) is 1. The number of nitrogens with zero attached hydrogens (tertiary/aromatic N) is 2. The topological polar surface area (TPSA) is 97.3 Å². The molecule has 1 N–H and O–H groups in total. The molecule has 0 unspecified atom stereocenters. The molecule has 0 spiro atoms. The standard InChI is InChI=1S/C15H23N3O5S/c1-15(2,3)23-14(19)18-9-11(10-18)16-17-24(20,21)13-7-5-12(22-4)6-8-13/h5,7,17H,6,8-10H2,1-4H3. The van der Waals surface area contributed by atoms with Crippen molar-refractivity contribution >= 4 is 21.8 Å². The van der Waals surface area contributed by atoms with Crippen molar-refractivity contribution in [2.24, 2.45) is 5.10 Å². The lowest BCUT2D eigenvalue weighted by Crippen LogP contribution is -2.52. The number of hydrazone groups is 1. The molecule has 1 aliphatic heterocycles. The van der Waals surface area contributed by atoms with Gasteiger partial charge in [-0.3, -0.25) is 4.90 Å². The molecule has 1 saturated heterocycles. The van der Waals surface area contributed by atoms with Gasteiger partial charge >= 0.3 is 6.09 Å². The summed E-state index contributed by atoms with van der Waals surface area (Å²) < 4.78 is 34.6. The van der Waals surface area contributed by atoms with Crippen LogP contribution in [-0.2, 0) is 19.5 Å². The van der Waals surface area contributed by atoms with Crippen molar-refractivity contribution < 1.29 is 22.7 Å². The Labute approximate surface area is 142 Å². The summed E-state index contributed by atoms with van der Waals surface area (Å²) in [4.78, 5) is 15.7. The molecule has 1 amide bonds. The molecule has 1 heterocycles. The molecule has 2 aliphatic rings. The van der Waals surface area contributed by atoms with E-state index in [1.807, 2.05) is 0 Å². The van der Waals surface area contributed by atoms with Crippen LogP contribution in [0.25, 0.3) is 0 Å². The fraction of sp³-hybridized carbons (Fsp3) is 0.600. The van der Waals surface area contributed by atoms with Gasteiger partial charge in [0.05, 0.1) is 36.6 Å². The molecule has 0 saturated carbocycles. The van der Waals surface area contributed by atoms with Crippen molar-refractivity contribution in [1.29, 1.82) is 0 Å². The van der Waals surface area contributed by atoms with E-state index in [4.69, 9.17) is 9.47 Å². The number of hydrogen-bond acceptors (Lipinski definition) is 6. The Bertz CT molecular complexity index is 693. The fourth-order valence-electron chi connectivity index (χ4n) is 2.10. The molecule has 1 aliphatic carbocycles. The van der Waals surface area contributed by atoms with Crippen molar-refractivity contribution in [3.8, 4) is 0 Å². The molecule has 8 nitrogen and oxygen atoms in total. The summed E-state index contributed by atoms with van der Waals surface area (Å²) in [6.45, 7) is 5.87. The number of methoxy groups -OCH3 is 1. The maximum atomic E-state index is 12.2. The molecular formula is C15H23N3O5S. The Morgan fingerprint density at radius 1 is 1.25 bits per heavy atom. The highest BCUT2D eigenvalue weighted by molar-refractivity contribution is 7.93. The van der Waals surface area contributed by atoms with Crippen LogP contribution >= 0.6 is 0 Å². The van der Waals surface area contributed by atoms with Gasteiger partial charge in [0.1, 0.15) is 5.60 Å². The second-order valence-corrected chi connectivity index (χ2v) is 8.29. The van der Waals surface area contributed by atoms with E-state index in [9.17, 15) is 13.2 Å². The highest BCUT2D eigenvalue weighted by Crippen LogP contribution is 2.22. The third kappa shape index (κ3) is 4.73. The minimum absolute atomic E-state index is 0.254. The Morgan fingerprint density at radius 3 is 2.42 bits per heavy atom. The molecule has 0 bridgehead atoms. The minimum atomic E-state index is -3.66. The van der Waals surface area contributed by atoms with Gasteiger partial charge in [-0.25, -0.2) is 18.0 Å². The van der Waals surface area contributed by atoms with Gasteiger partial charge in [-0.15, -0.1) is 0 Å². The van der Waals surface area contributed by atoms with E-state index in [0.717, 1.165) is 5.76 Å². The molecular weight excluding hydrogens is 334 g/mol. The first-order valence-electron chi connectivity index (χ1n) is 7.59. The second-order valence-electron chi connectivity index (χ2n) is 6.58. The smallest absolute Gasteiger partial charge is 0.410 e. The second kappa shape index (κ2) is 6.84. The molecule has 0 aromatic heterocycles. The van der Waals surface area contributed by atoms with Gasteiger partial charge in [-0.2, -0.15) is 5.10 Å². The van der Waals surface area contributed by atoms with Gasteiger partial charge < -0.3 is 9.47 Å². The average Bonchev–Trinajstić information content (AvgIpc) is 2.43. The van der Waals surface area contributed by atoms with Gasteiger partial charge in [0.25, 0.3) is 10.0 Å². The van der Waals surface area contributed by atoms with Crippen molar-refractivity contribution in [2.45, 2.75) is 39.2 Å². The van der Waals surface area contributed by atoms with Crippen LogP contribution in [0.15, 0.2) is 27.9 Å². The Morgan fingerprint density at radius 2 is 1.92 bits per heavy atom. The lowest BCUT2D eigenvalue weighted by molar-refractivity contribution is 0.0264. The van der Waals surface area contributed by atoms with Crippen LogP contribution in [0.3, 0.4) is 0 Å². The van der Waals surface area contributed by atoms with Crippen molar-refractivity contribution in [3.63, 3.8) is 0 Å². The number of carbonyl (C=O) groups excluding carboxylic acids is 1. The zero-order valence-electron chi connectivity index (χ0n) is 14.3. The number of carbonyl (C=O) groups is 1. The Hall–Kier alpha value is -2.03. The quantitative estimate of drug-likeness (QED) is 0.773. The van der Waals surface area contributed by atoms with Crippen LogP contribution in [0, 0.1) is 0 Å². The number of rotatable bonds is 4. The van der Waals surface area contributed by atoms with Crippen LogP contribution in [0.5, 0.6) is 0 Å². The molecule has 134 valence electrons. The third-order valence-corrected chi connectivity index (χ3v) is 4.76. The number of hydrogen-bond donors (Lipinski definition) is 1. The molecule has 1 fully saturated rings. The largest absolute Gasteiger partial charge is 0.501 e. The fourth-order valence-corrected chi connectivity index (χ4v) is 3.08. The molecule has 2 rings (SSSR count). The van der Waals surface area contributed by atoms with Crippen molar-refractivity contribution in [2.75, 3.05) is 20.2 Å². The Balaban J connectivity index is 1.88. The number of allylic oxidation sites excluding steroid dienone is 4. The highest BCUT2D eigenvalue weighted by Gasteiger charge is 2.31. The lowest BCUT2D eigenvalue weighted by atomic mass is 10.2. The minimum Gasteiger partial charge on any atom is -0.501 e. The zero-order chi connectivity index (χ0) is 18.0. The van der Waals surface area contributed by atoms with Crippen LogP contribution in [0.2, 0.25) is 0 Å². The van der Waals surface area contributed by atoms with E-state index in [1.54, 1.807) is 34.0 Å². The molecule has 0 radical (unpaired) electrons. The summed E-state index contributed by atoms with van der Waals surface area (Å²) in [6.07, 6.45) is 3.62. The van der Waals surface area contributed by atoms with Crippen LogP contribution in [0.4, 0.5) is 4.79 Å². The van der Waals surface area contributed by atoms with Gasteiger partial charge in [-0.05, 0) is 39.3 Å². The Kier molecular flexibility index (Phi) is 5.22. The summed E-state index contributed by atoms with van der Waals surface area (Å²) in [5.74, 6) is 0.743. The van der Waals surface area contributed by atoms with Gasteiger partial charge in [0.15, 0.2) is 0 Å². The summed E-state index contributed by atoms with van der Waals surface area (Å²) in [5, 5.41) is 3.88. The average molecular weight is 357 g/mol. The number of sulfonamides is 1.